The van der Waals surface area contributed by atoms with E-state index in [0.717, 1.165) is 4.88 Å². The molecule has 62 valence electrons. The highest BCUT2D eigenvalue weighted by molar-refractivity contribution is 7.19. The van der Waals surface area contributed by atoms with Gasteiger partial charge < -0.3 is 4.42 Å². The van der Waals surface area contributed by atoms with Crippen LogP contribution in [-0.4, -0.2) is 10.2 Å². The first-order valence-corrected chi connectivity index (χ1v) is 4.57. The van der Waals surface area contributed by atoms with Crippen molar-refractivity contribution in [2.45, 2.75) is 0 Å². The maximum atomic E-state index is 5.71. The predicted molar refractivity (Wildman–Crippen MR) is 47.6 cm³/mol. The average Bonchev–Trinajstić information content (AvgIpc) is 2.58. The molecule has 0 spiro atoms. The first-order valence-electron chi connectivity index (χ1n) is 3.00. The topological polar surface area (TPSA) is 38.9 Å². The molecular formula is C6H2Cl2N2OS. The Bertz CT molecular complexity index is 359. The van der Waals surface area contributed by atoms with Gasteiger partial charge in [-0.25, -0.2) is 0 Å². The van der Waals surface area contributed by atoms with Crippen LogP contribution in [0.3, 0.4) is 0 Å². The van der Waals surface area contributed by atoms with Gasteiger partial charge in [-0.2, -0.15) is 0 Å². The van der Waals surface area contributed by atoms with Crippen molar-refractivity contribution in [3.05, 3.63) is 21.8 Å². The van der Waals surface area contributed by atoms with Crippen LogP contribution in [0.4, 0.5) is 0 Å². The Morgan fingerprint density at radius 1 is 1.25 bits per heavy atom. The highest BCUT2D eigenvalue weighted by atomic mass is 35.5. The highest BCUT2D eigenvalue weighted by Gasteiger charge is 2.08. The second-order valence-electron chi connectivity index (χ2n) is 1.96. The van der Waals surface area contributed by atoms with Crippen molar-refractivity contribution >= 4 is 34.5 Å². The number of rotatable bonds is 1. The molecular weight excluding hydrogens is 219 g/mol. The monoisotopic (exact) mass is 220 g/mol. The van der Waals surface area contributed by atoms with E-state index >= 15 is 0 Å². The average molecular weight is 221 g/mol. The lowest BCUT2D eigenvalue weighted by atomic mass is 10.5. The van der Waals surface area contributed by atoms with Gasteiger partial charge in [0, 0.05) is 0 Å². The molecule has 0 atom stereocenters. The fourth-order valence-corrected chi connectivity index (χ4v) is 1.81. The van der Waals surface area contributed by atoms with Gasteiger partial charge in [0.05, 0.1) is 9.21 Å². The van der Waals surface area contributed by atoms with Gasteiger partial charge in [0.1, 0.15) is 0 Å². The third kappa shape index (κ3) is 1.46. The van der Waals surface area contributed by atoms with E-state index in [1.165, 1.54) is 11.3 Å². The summed E-state index contributed by atoms with van der Waals surface area (Å²) < 4.78 is 5.66. The molecule has 2 aromatic heterocycles. The maximum absolute atomic E-state index is 5.71. The number of aromatic nitrogens is 2. The normalized spacial score (nSPS) is 10.5. The molecule has 0 unspecified atom stereocenters. The summed E-state index contributed by atoms with van der Waals surface area (Å²) in [5.41, 5.74) is 0. The van der Waals surface area contributed by atoms with Crippen molar-refractivity contribution in [2.24, 2.45) is 0 Å². The Morgan fingerprint density at radius 2 is 2.08 bits per heavy atom. The summed E-state index contributed by atoms with van der Waals surface area (Å²) in [6.45, 7) is 0. The molecule has 0 aliphatic carbocycles. The van der Waals surface area contributed by atoms with Crippen molar-refractivity contribution in [1.29, 1.82) is 0 Å². The van der Waals surface area contributed by atoms with Gasteiger partial charge in [0.2, 0.25) is 0 Å². The van der Waals surface area contributed by atoms with Crippen LogP contribution in [0.2, 0.25) is 9.69 Å². The molecule has 0 amide bonds. The third-order valence-electron chi connectivity index (χ3n) is 1.18. The number of thiophene rings is 1. The quantitative estimate of drug-likeness (QED) is 0.742. The molecule has 3 nitrogen and oxygen atoms in total. The van der Waals surface area contributed by atoms with Gasteiger partial charge in [0.25, 0.3) is 5.89 Å². The number of hydrogen-bond acceptors (Lipinski definition) is 4. The molecule has 0 saturated carbocycles. The van der Waals surface area contributed by atoms with Gasteiger partial charge in [-0.3, -0.25) is 0 Å². The van der Waals surface area contributed by atoms with Gasteiger partial charge in [-0.05, 0) is 23.7 Å². The van der Waals surface area contributed by atoms with Crippen LogP contribution >= 0.6 is 34.5 Å². The Labute approximate surface area is 81.9 Å². The molecule has 0 bridgehead atoms. The molecule has 0 aromatic carbocycles. The second-order valence-corrected chi connectivity index (χ2v) is 4.00. The zero-order valence-electron chi connectivity index (χ0n) is 5.62. The lowest BCUT2D eigenvalue weighted by Crippen LogP contribution is -1.69. The van der Waals surface area contributed by atoms with E-state index < -0.39 is 0 Å². The SMILES string of the molecule is Clc1nnc(-c2ccc(Cl)s2)o1. The summed E-state index contributed by atoms with van der Waals surface area (Å²) in [7, 11) is 0. The van der Waals surface area contributed by atoms with E-state index in [0.29, 0.717) is 10.2 Å². The van der Waals surface area contributed by atoms with Crippen molar-refractivity contribution in [3.63, 3.8) is 0 Å². The molecule has 12 heavy (non-hydrogen) atoms. The molecule has 6 heteroatoms. The number of nitrogens with zero attached hydrogens (tertiary/aromatic N) is 2. The molecule has 0 fully saturated rings. The zero-order chi connectivity index (χ0) is 8.55. The summed E-state index contributed by atoms with van der Waals surface area (Å²) in [5, 5.41) is 7.25. The number of hydrogen-bond donors (Lipinski definition) is 0. The predicted octanol–water partition coefficient (Wildman–Crippen LogP) is 3.10. The molecule has 2 heterocycles. The van der Waals surface area contributed by atoms with Gasteiger partial charge in [-0.15, -0.1) is 16.4 Å². The van der Waals surface area contributed by atoms with Crippen LogP contribution in [-0.2, 0) is 0 Å². The van der Waals surface area contributed by atoms with E-state index in [1.54, 1.807) is 12.1 Å². The summed E-state index contributed by atoms with van der Waals surface area (Å²) in [4.78, 5) is 0.819. The van der Waals surface area contributed by atoms with Crippen molar-refractivity contribution in [3.8, 4) is 10.8 Å². The Kier molecular flexibility index (Phi) is 2.04. The molecule has 2 rings (SSSR count). The summed E-state index contributed by atoms with van der Waals surface area (Å²) >= 11 is 12.5. The lowest BCUT2D eigenvalue weighted by Gasteiger charge is -1.82. The van der Waals surface area contributed by atoms with E-state index in [9.17, 15) is 0 Å². The minimum atomic E-state index is 0.0366. The maximum Gasteiger partial charge on any atom is 0.313 e. The molecule has 0 saturated heterocycles. The summed E-state index contributed by atoms with van der Waals surface area (Å²) in [6, 6.07) is 3.57. The summed E-state index contributed by atoms with van der Waals surface area (Å²) in [5.74, 6) is 0.400. The van der Waals surface area contributed by atoms with E-state index in [1.807, 2.05) is 0 Å². The first-order chi connectivity index (χ1) is 5.75. The zero-order valence-corrected chi connectivity index (χ0v) is 7.95. The standard InChI is InChI=1S/C6H2Cl2N2OS/c7-4-2-1-3(12-4)5-9-10-6(8)11-5/h1-2H. The molecule has 0 aliphatic rings. The summed E-state index contributed by atoms with van der Waals surface area (Å²) in [6.07, 6.45) is 0. The fourth-order valence-electron chi connectivity index (χ4n) is 0.734. The third-order valence-corrected chi connectivity index (χ3v) is 2.56. The Morgan fingerprint density at radius 3 is 2.58 bits per heavy atom. The van der Waals surface area contributed by atoms with Crippen LogP contribution in [0.1, 0.15) is 0 Å². The minimum Gasteiger partial charge on any atom is -0.407 e. The van der Waals surface area contributed by atoms with Gasteiger partial charge >= 0.3 is 5.35 Å². The van der Waals surface area contributed by atoms with Crippen LogP contribution in [0.25, 0.3) is 10.8 Å². The lowest BCUT2D eigenvalue weighted by molar-refractivity contribution is 0.572. The molecule has 0 aliphatic heterocycles. The van der Waals surface area contributed by atoms with Crippen molar-refractivity contribution in [1.82, 2.24) is 10.2 Å². The Balaban J connectivity index is 2.43. The van der Waals surface area contributed by atoms with Gasteiger partial charge in [0.15, 0.2) is 0 Å². The van der Waals surface area contributed by atoms with Crippen molar-refractivity contribution < 1.29 is 4.42 Å². The number of halogens is 2. The van der Waals surface area contributed by atoms with E-state index in [-0.39, 0.29) is 5.35 Å². The van der Waals surface area contributed by atoms with Crippen molar-refractivity contribution in [2.75, 3.05) is 0 Å². The van der Waals surface area contributed by atoms with Gasteiger partial charge in [-0.1, -0.05) is 16.7 Å². The minimum absolute atomic E-state index is 0.0366. The highest BCUT2D eigenvalue weighted by Crippen LogP contribution is 2.30. The Hall–Kier alpha value is -0.580. The molecule has 0 radical (unpaired) electrons. The van der Waals surface area contributed by atoms with Crippen LogP contribution in [0.15, 0.2) is 16.5 Å². The largest absolute Gasteiger partial charge is 0.407 e. The molecule has 0 N–H and O–H groups in total. The van der Waals surface area contributed by atoms with E-state index in [2.05, 4.69) is 10.2 Å². The fraction of sp³-hybridized carbons (Fsp3) is 0. The van der Waals surface area contributed by atoms with Crippen LogP contribution in [0, 0.1) is 0 Å². The first kappa shape index (κ1) is 8.04. The smallest absolute Gasteiger partial charge is 0.313 e. The second kappa shape index (κ2) is 3.05. The van der Waals surface area contributed by atoms with Crippen LogP contribution in [0.5, 0.6) is 0 Å². The molecule has 2 aromatic rings. The van der Waals surface area contributed by atoms with Crippen LogP contribution < -0.4 is 0 Å². The van der Waals surface area contributed by atoms with E-state index in [4.69, 9.17) is 27.6 Å².